The fraction of sp³-hybridized carbons (Fsp3) is 0.0909. The molecule has 2 aromatic rings. The van der Waals surface area contributed by atoms with E-state index in [1.54, 1.807) is 13.0 Å². The standard InChI is InChI=1S/C11H10FN3O/c1-7-2-3-10(9(12)4-7)15-11(16)8-5-13-14-6-8/h2-6H,1H3,(H,13,14)(H,15,16). The number of amides is 1. The van der Waals surface area contributed by atoms with Crippen molar-refractivity contribution in [3.8, 4) is 0 Å². The molecule has 2 rings (SSSR count). The minimum absolute atomic E-state index is 0.164. The van der Waals surface area contributed by atoms with Gasteiger partial charge in [-0.3, -0.25) is 9.89 Å². The van der Waals surface area contributed by atoms with Crippen molar-refractivity contribution in [3.05, 3.63) is 47.5 Å². The molecule has 0 atom stereocenters. The molecule has 2 N–H and O–H groups in total. The molecule has 16 heavy (non-hydrogen) atoms. The first-order chi connectivity index (χ1) is 7.66. The van der Waals surface area contributed by atoms with E-state index in [0.29, 0.717) is 5.56 Å². The van der Waals surface area contributed by atoms with E-state index < -0.39 is 11.7 Å². The van der Waals surface area contributed by atoms with Crippen molar-refractivity contribution in [1.82, 2.24) is 10.2 Å². The predicted molar refractivity (Wildman–Crippen MR) is 57.7 cm³/mol. The highest BCUT2D eigenvalue weighted by Gasteiger charge is 2.09. The topological polar surface area (TPSA) is 57.8 Å². The van der Waals surface area contributed by atoms with Crippen LogP contribution in [0.5, 0.6) is 0 Å². The maximum Gasteiger partial charge on any atom is 0.258 e. The van der Waals surface area contributed by atoms with E-state index in [-0.39, 0.29) is 5.69 Å². The summed E-state index contributed by atoms with van der Waals surface area (Å²) >= 11 is 0. The minimum Gasteiger partial charge on any atom is -0.319 e. The Labute approximate surface area is 91.5 Å². The summed E-state index contributed by atoms with van der Waals surface area (Å²) in [5.41, 5.74) is 1.33. The number of anilines is 1. The van der Waals surface area contributed by atoms with Crippen LogP contribution >= 0.6 is 0 Å². The van der Waals surface area contributed by atoms with Gasteiger partial charge in [-0.15, -0.1) is 0 Å². The Kier molecular flexibility index (Phi) is 2.68. The predicted octanol–water partition coefficient (Wildman–Crippen LogP) is 2.11. The van der Waals surface area contributed by atoms with Gasteiger partial charge in [-0.05, 0) is 24.6 Å². The molecule has 0 saturated heterocycles. The highest BCUT2D eigenvalue weighted by atomic mass is 19.1. The number of aryl methyl sites for hydroxylation is 1. The molecule has 1 heterocycles. The van der Waals surface area contributed by atoms with Gasteiger partial charge >= 0.3 is 0 Å². The zero-order valence-electron chi connectivity index (χ0n) is 8.62. The van der Waals surface area contributed by atoms with Gasteiger partial charge in [0.25, 0.3) is 5.91 Å². The number of nitrogens with zero attached hydrogens (tertiary/aromatic N) is 1. The summed E-state index contributed by atoms with van der Waals surface area (Å²) in [6.45, 7) is 1.78. The number of aromatic nitrogens is 2. The third kappa shape index (κ3) is 2.08. The lowest BCUT2D eigenvalue weighted by Gasteiger charge is -2.05. The van der Waals surface area contributed by atoms with Crippen LogP contribution in [0.15, 0.2) is 30.6 Å². The van der Waals surface area contributed by atoms with E-state index in [2.05, 4.69) is 15.5 Å². The van der Waals surface area contributed by atoms with Crippen LogP contribution < -0.4 is 5.32 Å². The van der Waals surface area contributed by atoms with Crippen LogP contribution in [0.1, 0.15) is 15.9 Å². The minimum atomic E-state index is -0.447. The fourth-order valence-corrected chi connectivity index (χ4v) is 1.29. The van der Waals surface area contributed by atoms with Gasteiger partial charge in [0.05, 0.1) is 17.4 Å². The van der Waals surface area contributed by atoms with Gasteiger partial charge in [0, 0.05) is 6.20 Å². The van der Waals surface area contributed by atoms with Crippen molar-refractivity contribution in [1.29, 1.82) is 0 Å². The normalized spacial score (nSPS) is 10.1. The van der Waals surface area contributed by atoms with Gasteiger partial charge in [0.2, 0.25) is 0 Å². The highest BCUT2D eigenvalue weighted by Crippen LogP contribution is 2.15. The van der Waals surface area contributed by atoms with Crippen LogP contribution in [0, 0.1) is 12.7 Å². The van der Waals surface area contributed by atoms with Gasteiger partial charge in [-0.25, -0.2) is 4.39 Å². The maximum atomic E-state index is 13.4. The summed E-state index contributed by atoms with van der Waals surface area (Å²) < 4.78 is 13.4. The number of carbonyl (C=O) groups is 1. The molecular weight excluding hydrogens is 209 g/mol. The molecule has 1 aromatic carbocycles. The van der Waals surface area contributed by atoms with Crippen LogP contribution in [-0.4, -0.2) is 16.1 Å². The number of hydrogen-bond acceptors (Lipinski definition) is 2. The molecule has 0 aliphatic carbocycles. The molecule has 0 fully saturated rings. The number of halogens is 1. The molecule has 0 aliphatic rings. The van der Waals surface area contributed by atoms with Crippen molar-refractivity contribution in [2.24, 2.45) is 0 Å². The van der Waals surface area contributed by atoms with E-state index in [0.717, 1.165) is 5.56 Å². The molecule has 4 nitrogen and oxygen atoms in total. The van der Waals surface area contributed by atoms with Gasteiger partial charge < -0.3 is 5.32 Å². The number of benzene rings is 1. The molecule has 0 unspecified atom stereocenters. The quantitative estimate of drug-likeness (QED) is 0.812. The molecule has 82 valence electrons. The van der Waals surface area contributed by atoms with Crippen LogP contribution in [0.3, 0.4) is 0 Å². The summed E-state index contributed by atoms with van der Waals surface area (Å²) in [6, 6.07) is 4.63. The lowest BCUT2D eigenvalue weighted by atomic mass is 10.2. The number of hydrogen-bond donors (Lipinski definition) is 2. The third-order valence-electron chi connectivity index (χ3n) is 2.13. The zero-order valence-corrected chi connectivity index (χ0v) is 8.62. The number of H-pyrrole nitrogens is 1. The van der Waals surface area contributed by atoms with E-state index in [1.165, 1.54) is 24.5 Å². The SMILES string of the molecule is Cc1ccc(NC(=O)c2cn[nH]c2)c(F)c1. The number of nitrogens with one attached hydrogen (secondary N) is 2. The monoisotopic (exact) mass is 219 g/mol. The van der Waals surface area contributed by atoms with Crippen molar-refractivity contribution >= 4 is 11.6 Å². The third-order valence-corrected chi connectivity index (χ3v) is 2.13. The Morgan fingerprint density at radius 1 is 1.50 bits per heavy atom. The van der Waals surface area contributed by atoms with Crippen molar-refractivity contribution < 1.29 is 9.18 Å². The molecule has 0 bridgehead atoms. The van der Waals surface area contributed by atoms with Gasteiger partial charge in [-0.1, -0.05) is 6.07 Å². The van der Waals surface area contributed by atoms with Crippen LogP contribution in [0.25, 0.3) is 0 Å². The van der Waals surface area contributed by atoms with Crippen LogP contribution in [-0.2, 0) is 0 Å². The largest absolute Gasteiger partial charge is 0.319 e. The Morgan fingerprint density at radius 3 is 2.94 bits per heavy atom. The molecule has 1 amide bonds. The summed E-state index contributed by atoms with van der Waals surface area (Å²) in [4.78, 5) is 11.6. The Morgan fingerprint density at radius 2 is 2.31 bits per heavy atom. The first-order valence-corrected chi connectivity index (χ1v) is 4.73. The lowest BCUT2D eigenvalue weighted by Crippen LogP contribution is -2.12. The highest BCUT2D eigenvalue weighted by molar-refractivity contribution is 6.03. The molecule has 0 aliphatic heterocycles. The maximum absolute atomic E-state index is 13.4. The first-order valence-electron chi connectivity index (χ1n) is 4.73. The van der Waals surface area contributed by atoms with E-state index in [1.807, 2.05) is 0 Å². The van der Waals surface area contributed by atoms with Crippen molar-refractivity contribution in [3.63, 3.8) is 0 Å². The second-order valence-corrected chi connectivity index (χ2v) is 3.42. The summed E-state index contributed by atoms with van der Waals surface area (Å²) in [7, 11) is 0. The summed E-state index contributed by atoms with van der Waals surface area (Å²) in [5, 5.41) is 8.62. The lowest BCUT2D eigenvalue weighted by molar-refractivity contribution is 0.102. The van der Waals surface area contributed by atoms with E-state index in [9.17, 15) is 9.18 Å². The molecule has 1 aromatic heterocycles. The van der Waals surface area contributed by atoms with E-state index in [4.69, 9.17) is 0 Å². The molecule has 0 saturated carbocycles. The average molecular weight is 219 g/mol. The van der Waals surface area contributed by atoms with Gasteiger partial charge in [0.1, 0.15) is 5.82 Å². The molecular formula is C11H10FN3O. The smallest absolute Gasteiger partial charge is 0.258 e. The van der Waals surface area contributed by atoms with Crippen LogP contribution in [0.2, 0.25) is 0 Å². The number of rotatable bonds is 2. The zero-order chi connectivity index (χ0) is 11.5. The Hall–Kier alpha value is -2.17. The number of aromatic amines is 1. The molecule has 5 heteroatoms. The molecule has 0 spiro atoms. The van der Waals surface area contributed by atoms with Gasteiger partial charge in [0.15, 0.2) is 0 Å². The van der Waals surface area contributed by atoms with E-state index >= 15 is 0 Å². The van der Waals surface area contributed by atoms with Gasteiger partial charge in [-0.2, -0.15) is 5.10 Å². The summed E-state index contributed by atoms with van der Waals surface area (Å²) in [5.74, 6) is -0.839. The van der Waals surface area contributed by atoms with Crippen molar-refractivity contribution in [2.75, 3.05) is 5.32 Å². The Bertz CT molecular complexity index is 508. The van der Waals surface area contributed by atoms with Crippen molar-refractivity contribution in [2.45, 2.75) is 6.92 Å². The Balaban J connectivity index is 2.18. The second-order valence-electron chi connectivity index (χ2n) is 3.42. The fourth-order valence-electron chi connectivity index (χ4n) is 1.29. The molecule has 0 radical (unpaired) electrons. The average Bonchev–Trinajstić information content (AvgIpc) is 2.75. The number of carbonyl (C=O) groups excluding carboxylic acids is 1. The summed E-state index contributed by atoms with van der Waals surface area (Å²) in [6.07, 6.45) is 2.82. The first kappa shape index (κ1) is 10.4. The van der Waals surface area contributed by atoms with Crippen LogP contribution in [0.4, 0.5) is 10.1 Å². The second kappa shape index (κ2) is 4.14.